The van der Waals surface area contributed by atoms with E-state index in [0.29, 0.717) is 18.3 Å². The Bertz CT molecular complexity index is 1120. The largest absolute Gasteiger partial charge is 0.490 e. The van der Waals surface area contributed by atoms with E-state index in [1.54, 1.807) is 12.4 Å². The highest BCUT2D eigenvalue weighted by atomic mass is 16.5. The average molecular weight is 431 g/mol. The predicted octanol–water partition coefficient (Wildman–Crippen LogP) is 3.66. The Morgan fingerprint density at radius 1 is 1.09 bits per heavy atom. The minimum absolute atomic E-state index is 0.0661. The van der Waals surface area contributed by atoms with Crippen molar-refractivity contribution in [1.29, 1.82) is 5.26 Å². The summed E-state index contributed by atoms with van der Waals surface area (Å²) in [4.78, 5) is 9.11. The lowest BCUT2D eigenvalue weighted by atomic mass is 9.67. The maximum atomic E-state index is 9.27. The molecule has 2 aliphatic carbocycles. The number of fused-ring (bicyclic) bond motifs is 4. The summed E-state index contributed by atoms with van der Waals surface area (Å²) < 4.78 is 18.7. The molecule has 4 atom stereocenters. The summed E-state index contributed by atoms with van der Waals surface area (Å²) in [6.45, 7) is 0.409. The van der Waals surface area contributed by atoms with E-state index in [1.165, 1.54) is 19.3 Å². The van der Waals surface area contributed by atoms with Crippen molar-refractivity contribution in [2.24, 2.45) is 16.6 Å². The molecule has 6 rings (SSSR count). The molecule has 2 saturated carbocycles. The first kappa shape index (κ1) is 19.6. The molecule has 4 aliphatic rings. The number of aliphatic imine (C=N–C) groups is 1. The normalized spacial score (nSPS) is 30.8. The number of aromatic nitrogens is 1. The molecule has 2 unspecified atom stereocenters. The standard InChI is InChI=1S/C25H26N4O3/c26-11-15-8-17(13-28-12-15)16-4-6-22-20(9-16)25(14-30-24(27)29-25)21-10-19(5-7-23(21)32-22)31-18-2-1-3-18/h4,6,8-9,12-13,18-19,21,23H,1-3,5,7,10,14H2,(H2,27,29)/t19-,21-,23?,25?/m0/s1. The number of nitrogens with zero attached hydrogens (tertiary/aromatic N) is 3. The third-order valence-corrected chi connectivity index (χ3v) is 7.46. The zero-order chi connectivity index (χ0) is 21.7. The zero-order valence-corrected chi connectivity index (χ0v) is 17.9. The Labute approximate surface area is 187 Å². The Kier molecular flexibility index (Phi) is 4.58. The third kappa shape index (κ3) is 3.13. The van der Waals surface area contributed by atoms with Gasteiger partial charge in [0.15, 0.2) is 0 Å². The number of nitriles is 1. The Morgan fingerprint density at radius 2 is 2.00 bits per heavy atom. The third-order valence-electron chi connectivity index (χ3n) is 7.46. The topological polar surface area (TPSA) is 103 Å². The van der Waals surface area contributed by atoms with Crippen molar-refractivity contribution in [3.8, 4) is 22.9 Å². The molecule has 0 amide bonds. The average Bonchev–Trinajstić information content (AvgIpc) is 3.19. The fraction of sp³-hybridized carbons (Fsp3) is 0.480. The maximum absolute atomic E-state index is 9.27. The van der Waals surface area contributed by atoms with Gasteiger partial charge in [-0.2, -0.15) is 5.26 Å². The molecule has 1 aromatic carbocycles. The molecule has 1 aromatic heterocycles. The minimum Gasteiger partial charge on any atom is -0.490 e. The molecule has 3 heterocycles. The lowest BCUT2D eigenvalue weighted by Gasteiger charge is -2.48. The van der Waals surface area contributed by atoms with Crippen LogP contribution in [0.2, 0.25) is 0 Å². The Balaban J connectivity index is 1.40. The van der Waals surface area contributed by atoms with Crippen molar-refractivity contribution in [2.45, 2.75) is 62.4 Å². The molecule has 0 radical (unpaired) electrons. The second kappa shape index (κ2) is 7.49. The fourth-order valence-corrected chi connectivity index (χ4v) is 5.60. The first-order chi connectivity index (χ1) is 15.6. The van der Waals surface area contributed by atoms with Gasteiger partial charge < -0.3 is 19.9 Å². The highest BCUT2D eigenvalue weighted by molar-refractivity contribution is 5.75. The van der Waals surface area contributed by atoms with Crippen LogP contribution in [-0.2, 0) is 15.0 Å². The molecule has 7 nitrogen and oxygen atoms in total. The number of amidine groups is 1. The molecule has 2 fully saturated rings. The van der Waals surface area contributed by atoms with Crippen LogP contribution >= 0.6 is 0 Å². The first-order valence-electron chi connectivity index (χ1n) is 11.4. The molecule has 0 bridgehead atoms. The van der Waals surface area contributed by atoms with E-state index in [0.717, 1.165) is 41.7 Å². The Hall–Kier alpha value is -3.11. The van der Waals surface area contributed by atoms with Crippen LogP contribution in [0.15, 0.2) is 41.7 Å². The van der Waals surface area contributed by atoms with Crippen LogP contribution in [0.4, 0.5) is 0 Å². The highest BCUT2D eigenvalue weighted by Gasteiger charge is 2.56. The van der Waals surface area contributed by atoms with Gasteiger partial charge >= 0.3 is 0 Å². The highest BCUT2D eigenvalue weighted by Crippen LogP contribution is 2.53. The van der Waals surface area contributed by atoms with Crippen LogP contribution in [0.3, 0.4) is 0 Å². The van der Waals surface area contributed by atoms with Gasteiger partial charge in [0, 0.05) is 29.4 Å². The van der Waals surface area contributed by atoms with E-state index in [2.05, 4.69) is 17.1 Å². The molecular weight excluding hydrogens is 404 g/mol. The monoisotopic (exact) mass is 430 g/mol. The number of hydrogen-bond acceptors (Lipinski definition) is 7. The molecule has 2 aliphatic heterocycles. The van der Waals surface area contributed by atoms with Gasteiger partial charge in [-0.3, -0.25) is 4.98 Å². The van der Waals surface area contributed by atoms with Crippen molar-refractivity contribution in [1.82, 2.24) is 4.98 Å². The van der Waals surface area contributed by atoms with Crippen LogP contribution in [0.25, 0.3) is 11.1 Å². The molecule has 2 N–H and O–H groups in total. The van der Waals surface area contributed by atoms with Gasteiger partial charge in [0.25, 0.3) is 6.02 Å². The van der Waals surface area contributed by atoms with Crippen molar-refractivity contribution < 1.29 is 14.2 Å². The molecule has 1 spiro atoms. The SMILES string of the molecule is N#Cc1cncc(-c2ccc3c(c2)C2(COC(N)=N2)[C@H]2C[C@@H](OC4CCC4)CCC2O3)c1. The van der Waals surface area contributed by atoms with E-state index in [-0.39, 0.29) is 24.1 Å². The lowest BCUT2D eigenvalue weighted by Crippen LogP contribution is -2.52. The molecule has 164 valence electrons. The maximum Gasteiger partial charge on any atom is 0.283 e. The van der Waals surface area contributed by atoms with Gasteiger partial charge in [0.2, 0.25) is 0 Å². The van der Waals surface area contributed by atoms with Crippen molar-refractivity contribution >= 4 is 6.02 Å². The van der Waals surface area contributed by atoms with Gasteiger partial charge in [0.05, 0.1) is 17.8 Å². The lowest BCUT2D eigenvalue weighted by molar-refractivity contribution is -0.106. The summed E-state index contributed by atoms with van der Waals surface area (Å²) in [5.74, 6) is 0.966. The van der Waals surface area contributed by atoms with Gasteiger partial charge in [-0.05, 0) is 62.3 Å². The second-order valence-corrected chi connectivity index (χ2v) is 9.33. The number of nitrogens with two attached hydrogens (primary N) is 1. The Morgan fingerprint density at radius 3 is 2.75 bits per heavy atom. The van der Waals surface area contributed by atoms with E-state index in [1.807, 2.05) is 18.2 Å². The van der Waals surface area contributed by atoms with Crippen LogP contribution in [0, 0.1) is 17.2 Å². The van der Waals surface area contributed by atoms with Crippen molar-refractivity contribution in [3.05, 3.63) is 47.8 Å². The van der Waals surface area contributed by atoms with E-state index < -0.39 is 5.54 Å². The van der Waals surface area contributed by atoms with Crippen LogP contribution in [-0.4, -0.2) is 35.9 Å². The quantitative estimate of drug-likeness (QED) is 0.797. The van der Waals surface area contributed by atoms with E-state index in [4.69, 9.17) is 24.9 Å². The minimum atomic E-state index is -0.583. The van der Waals surface area contributed by atoms with Gasteiger partial charge in [0.1, 0.15) is 30.1 Å². The zero-order valence-electron chi connectivity index (χ0n) is 17.9. The smallest absolute Gasteiger partial charge is 0.283 e. The van der Waals surface area contributed by atoms with Crippen molar-refractivity contribution in [2.75, 3.05) is 6.61 Å². The summed E-state index contributed by atoms with van der Waals surface area (Å²) in [5.41, 5.74) is 8.85. The molecule has 2 aromatic rings. The van der Waals surface area contributed by atoms with Crippen LogP contribution in [0.5, 0.6) is 5.75 Å². The van der Waals surface area contributed by atoms with E-state index >= 15 is 0 Å². The summed E-state index contributed by atoms with van der Waals surface area (Å²) in [7, 11) is 0. The number of pyridine rings is 1. The summed E-state index contributed by atoms with van der Waals surface area (Å²) in [5, 5.41) is 9.27. The fourth-order valence-electron chi connectivity index (χ4n) is 5.60. The number of benzene rings is 1. The summed E-state index contributed by atoms with van der Waals surface area (Å²) in [6.07, 6.45) is 10.5. The molecule has 7 heteroatoms. The van der Waals surface area contributed by atoms with Gasteiger partial charge in [-0.15, -0.1) is 0 Å². The van der Waals surface area contributed by atoms with Crippen molar-refractivity contribution in [3.63, 3.8) is 0 Å². The summed E-state index contributed by atoms with van der Waals surface area (Å²) in [6, 6.07) is 10.4. The first-order valence-corrected chi connectivity index (χ1v) is 11.4. The number of hydrogen-bond donors (Lipinski definition) is 1. The van der Waals surface area contributed by atoms with Gasteiger partial charge in [-0.1, -0.05) is 6.07 Å². The van der Waals surface area contributed by atoms with Crippen LogP contribution in [0.1, 0.15) is 49.7 Å². The molecular formula is C25H26N4O3. The molecule has 0 saturated heterocycles. The van der Waals surface area contributed by atoms with Gasteiger partial charge in [-0.25, -0.2) is 4.99 Å². The number of rotatable bonds is 3. The van der Waals surface area contributed by atoms with Crippen LogP contribution < -0.4 is 10.5 Å². The van der Waals surface area contributed by atoms with E-state index in [9.17, 15) is 5.26 Å². The molecule has 32 heavy (non-hydrogen) atoms. The number of ether oxygens (including phenoxy) is 3. The summed E-state index contributed by atoms with van der Waals surface area (Å²) >= 11 is 0. The second-order valence-electron chi connectivity index (χ2n) is 9.33. The predicted molar refractivity (Wildman–Crippen MR) is 118 cm³/mol.